The molecule has 4 atom stereocenters. The van der Waals surface area contributed by atoms with Crippen LogP contribution in [0.15, 0.2) is 0 Å². The summed E-state index contributed by atoms with van der Waals surface area (Å²) in [5.74, 6) is -5.66. The number of primary amides is 1. The van der Waals surface area contributed by atoms with Crippen LogP contribution in [0.3, 0.4) is 0 Å². The molecule has 0 saturated carbocycles. The monoisotopic (exact) mass is 531 g/mol. The van der Waals surface area contributed by atoms with E-state index in [-0.39, 0.29) is 25.7 Å². The first kappa shape index (κ1) is 33.7. The van der Waals surface area contributed by atoms with Crippen molar-refractivity contribution in [2.45, 2.75) is 88.4 Å². The number of hydrogen-bond donors (Lipinski definition) is 9. The van der Waals surface area contributed by atoms with Gasteiger partial charge in [0.05, 0.1) is 6.04 Å². The number of carboxylic acid groups (broad SMARTS) is 2. The summed E-state index contributed by atoms with van der Waals surface area (Å²) in [6, 6.07) is -4.89. The van der Waals surface area contributed by atoms with Crippen molar-refractivity contribution < 1.29 is 39.0 Å². The summed E-state index contributed by atoms with van der Waals surface area (Å²) in [6.07, 6.45) is 1.32. The summed E-state index contributed by atoms with van der Waals surface area (Å²) in [5.41, 5.74) is 21.8. The first-order valence-corrected chi connectivity index (χ1v) is 12.2. The van der Waals surface area contributed by atoms with Crippen molar-refractivity contribution in [1.29, 1.82) is 0 Å². The Hall–Kier alpha value is -3.30. The van der Waals surface area contributed by atoms with Crippen LogP contribution in [0.4, 0.5) is 0 Å². The molecule has 4 unspecified atom stereocenters. The summed E-state index contributed by atoms with van der Waals surface area (Å²) in [7, 11) is 0. The number of rotatable bonds is 21. The van der Waals surface area contributed by atoms with E-state index in [9.17, 15) is 33.9 Å². The average Bonchev–Trinajstić information content (AvgIpc) is 2.82. The fraction of sp³-hybridized carbons (Fsp3) is 0.727. The van der Waals surface area contributed by atoms with Gasteiger partial charge in [-0.2, -0.15) is 0 Å². The number of nitrogens with one attached hydrogen (secondary N) is 3. The lowest BCUT2D eigenvalue weighted by atomic mass is 10.0. The van der Waals surface area contributed by atoms with Crippen LogP contribution in [0.2, 0.25) is 0 Å². The first-order valence-electron chi connectivity index (χ1n) is 12.2. The number of carboxylic acids is 2. The topological polar surface area (TPSA) is 283 Å². The van der Waals surface area contributed by atoms with E-state index < -0.39 is 66.2 Å². The Balaban J connectivity index is 5.53. The molecular weight excluding hydrogens is 490 g/mol. The van der Waals surface area contributed by atoms with Gasteiger partial charge in [0.1, 0.15) is 18.1 Å². The molecule has 13 N–H and O–H groups in total. The van der Waals surface area contributed by atoms with Crippen LogP contribution < -0.4 is 38.9 Å². The molecule has 0 aromatic carbocycles. The van der Waals surface area contributed by atoms with Crippen LogP contribution >= 0.6 is 0 Å². The largest absolute Gasteiger partial charge is 0.481 e. The van der Waals surface area contributed by atoms with E-state index in [0.29, 0.717) is 45.2 Å². The summed E-state index contributed by atoms with van der Waals surface area (Å²) >= 11 is 0. The Morgan fingerprint density at radius 3 is 1.57 bits per heavy atom. The van der Waals surface area contributed by atoms with Crippen LogP contribution in [0.5, 0.6) is 0 Å². The van der Waals surface area contributed by atoms with Gasteiger partial charge in [-0.25, -0.2) is 4.79 Å². The fourth-order valence-corrected chi connectivity index (χ4v) is 3.31. The van der Waals surface area contributed by atoms with Crippen molar-refractivity contribution in [3.05, 3.63) is 0 Å². The van der Waals surface area contributed by atoms with Crippen molar-refractivity contribution in [3.8, 4) is 0 Å². The molecule has 0 aromatic heterocycles. The van der Waals surface area contributed by atoms with E-state index in [2.05, 4.69) is 16.0 Å². The van der Waals surface area contributed by atoms with Crippen molar-refractivity contribution in [2.24, 2.45) is 22.9 Å². The van der Waals surface area contributed by atoms with E-state index in [1.165, 1.54) is 0 Å². The molecule has 0 aliphatic carbocycles. The highest BCUT2D eigenvalue weighted by Gasteiger charge is 2.30. The summed E-state index contributed by atoms with van der Waals surface area (Å²) in [6.45, 7) is 0.745. The quantitative estimate of drug-likeness (QED) is 0.0683. The Bertz CT molecular complexity index is 780. The van der Waals surface area contributed by atoms with Crippen LogP contribution in [0.1, 0.15) is 64.2 Å². The van der Waals surface area contributed by atoms with Crippen LogP contribution in [-0.2, 0) is 28.8 Å². The van der Waals surface area contributed by atoms with E-state index in [1.807, 2.05) is 0 Å². The molecule has 0 fully saturated rings. The molecule has 0 radical (unpaired) electrons. The van der Waals surface area contributed by atoms with Gasteiger partial charge in [0.25, 0.3) is 0 Å². The van der Waals surface area contributed by atoms with Crippen LogP contribution in [0.25, 0.3) is 0 Å². The van der Waals surface area contributed by atoms with Gasteiger partial charge in [0.2, 0.25) is 23.6 Å². The predicted molar refractivity (Wildman–Crippen MR) is 133 cm³/mol. The minimum absolute atomic E-state index is 0.0924. The molecule has 15 nitrogen and oxygen atoms in total. The lowest BCUT2D eigenvalue weighted by Gasteiger charge is -2.25. The normalized spacial score (nSPS) is 14.0. The van der Waals surface area contributed by atoms with Gasteiger partial charge >= 0.3 is 11.9 Å². The predicted octanol–water partition coefficient (Wildman–Crippen LogP) is -2.76. The van der Waals surface area contributed by atoms with Gasteiger partial charge in [-0.3, -0.25) is 24.0 Å². The standard InChI is InChI=1S/C22H41N7O8/c23-11-3-1-5-13(25)19(33)27-15(8-10-18(31)32)21(35)28-14(6-2-4-12-24)20(34)29-16(22(36)37)7-9-17(26)30/h13-16H,1-12,23-25H2,(H2,26,30)(H,27,33)(H,28,35)(H,29,34)(H,31,32)(H,36,37). The number of amides is 4. The zero-order valence-electron chi connectivity index (χ0n) is 20.9. The third-order valence-electron chi connectivity index (χ3n) is 5.46. The summed E-state index contributed by atoms with van der Waals surface area (Å²) in [5, 5.41) is 25.6. The fourth-order valence-electron chi connectivity index (χ4n) is 3.31. The summed E-state index contributed by atoms with van der Waals surface area (Å²) < 4.78 is 0. The van der Waals surface area contributed by atoms with E-state index in [4.69, 9.17) is 28.0 Å². The molecule has 15 heteroatoms. The molecule has 0 bridgehead atoms. The number of aliphatic carboxylic acids is 2. The Labute approximate surface area is 215 Å². The van der Waals surface area contributed by atoms with Gasteiger partial charge in [-0.1, -0.05) is 6.42 Å². The van der Waals surface area contributed by atoms with E-state index >= 15 is 0 Å². The van der Waals surface area contributed by atoms with Crippen molar-refractivity contribution in [3.63, 3.8) is 0 Å². The number of carbonyl (C=O) groups is 6. The number of carbonyl (C=O) groups excluding carboxylic acids is 4. The zero-order chi connectivity index (χ0) is 28.4. The maximum absolute atomic E-state index is 13.0. The Morgan fingerprint density at radius 1 is 0.622 bits per heavy atom. The second-order valence-corrected chi connectivity index (χ2v) is 8.63. The smallest absolute Gasteiger partial charge is 0.326 e. The van der Waals surface area contributed by atoms with Gasteiger partial charge in [0.15, 0.2) is 0 Å². The molecule has 212 valence electrons. The molecule has 0 saturated heterocycles. The molecule has 0 spiro atoms. The molecule has 4 amide bonds. The lowest BCUT2D eigenvalue weighted by Crippen LogP contribution is -2.57. The SMILES string of the molecule is NCCCCC(N)C(=O)NC(CCC(=O)O)C(=O)NC(CCCCN)C(=O)NC(CCC(N)=O)C(=O)O. The minimum atomic E-state index is -1.43. The van der Waals surface area contributed by atoms with Crippen molar-refractivity contribution in [2.75, 3.05) is 13.1 Å². The maximum Gasteiger partial charge on any atom is 0.326 e. The highest BCUT2D eigenvalue weighted by atomic mass is 16.4. The highest BCUT2D eigenvalue weighted by molar-refractivity contribution is 5.94. The molecule has 0 heterocycles. The second-order valence-electron chi connectivity index (χ2n) is 8.63. The van der Waals surface area contributed by atoms with Crippen LogP contribution in [0, 0.1) is 0 Å². The lowest BCUT2D eigenvalue weighted by molar-refractivity contribution is -0.142. The Morgan fingerprint density at radius 2 is 1.08 bits per heavy atom. The number of nitrogens with two attached hydrogens (primary N) is 4. The third-order valence-corrected chi connectivity index (χ3v) is 5.46. The molecular formula is C22H41N7O8. The molecule has 0 aliphatic heterocycles. The van der Waals surface area contributed by atoms with E-state index in [1.54, 1.807) is 0 Å². The zero-order valence-corrected chi connectivity index (χ0v) is 20.9. The van der Waals surface area contributed by atoms with Crippen molar-refractivity contribution in [1.82, 2.24) is 16.0 Å². The van der Waals surface area contributed by atoms with E-state index in [0.717, 1.165) is 0 Å². The Kier molecular flexibility index (Phi) is 17.2. The van der Waals surface area contributed by atoms with Gasteiger partial charge < -0.3 is 49.1 Å². The number of hydrogen-bond acceptors (Lipinski definition) is 9. The maximum atomic E-state index is 13.0. The van der Waals surface area contributed by atoms with Crippen LogP contribution in [-0.4, -0.2) is 83.0 Å². The summed E-state index contributed by atoms with van der Waals surface area (Å²) in [4.78, 5) is 71.9. The first-order chi connectivity index (χ1) is 17.4. The highest BCUT2D eigenvalue weighted by Crippen LogP contribution is 2.07. The minimum Gasteiger partial charge on any atom is -0.481 e. The van der Waals surface area contributed by atoms with Gasteiger partial charge in [-0.05, 0) is 58.0 Å². The molecule has 37 heavy (non-hydrogen) atoms. The number of unbranched alkanes of at least 4 members (excludes halogenated alkanes) is 2. The van der Waals surface area contributed by atoms with Gasteiger partial charge in [0, 0.05) is 12.8 Å². The second kappa shape index (κ2) is 18.9. The third kappa shape index (κ3) is 15.4. The molecule has 0 aliphatic rings. The van der Waals surface area contributed by atoms with Crippen molar-refractivity contribution >= 4 is 35.6 Å². The molecule has 0 aromatic rings. The molecule has 0 rings (SSSR count). The van der Waals surface area contributed by atoms with Gasteiger partial charge in [-0.15, -0.1) is 0 Å². The average molecular weight is 532 g/mol.